The van der Waals surface area contributed by atoms with E-state index in [4.69, 9.17) is 10.4 Å². The minimum Gasteiger partial charge on any atom is -0.481 e. The van der Waals surface area contributed by atoms with Gasteiger partial charge in [-0.1, -0.05) is 42.5 Å². The number of halogens is 1. The van der Waals surface area contributed by atoms with Gasteiger partial charge in [-0.05, 0) is 32.0 Å². The summed E-state index contributed by atoms with van der Waals surface area (Å²) in [4.78, 5) is 11.1. The maximum atomic E-state index is 14.7. The number of benzene rings is 2. The van der Waals surface area contributed by atoms with Crippen molar-refractivity contribution in [2.75, 3.05) is 0 Å². The Hall–Kier alpha value is -3.72. The average molecular weight is 375 g/mol. The van der Waals surface area contributed by atoms with Crippen molar-refractivity contribution in [3.63, 3.8) is 0 Å². The van der Waals surface area contributed by atoms with Crippen LogP contribution in [0.3, 0.4) is 0 Å². The molecule has 3 rings (SSSR count). The number of hydrogen-bond donors (Lipinski definition) is 1. The highest BCUT2D eigenvalue weighted by Crippen LogP contribution is 2.31. The van der Waals surface area contributed by atoms with E-state index in [2.05, 4.69) is 5.10 Å². The molecular weight excluding hydrogens is 357 g/mol. The number of aliphatic carboxylic acids is 1. The zero-order valence-electron chi connectivity index (χ0n) is 15.4. The molecule has 1 aromatic heterocycles. The Morgan fingerprint density at radius 3 is 2.61 bits per heavy atom. The summed E-state index contributed by atoms with van der Waals surface area (Å²) in [5, 5.41) is 22.6. The summed E-state index contributed by atoms with van der Waals surface area (Å²) in [6.45, 7) is 3.37. The smallest absolute Gasteiger partial charge is 0.310 e. The van der Waals surface area contributed by atoms with Crippen LogP contribution in [0.25, 0.3) is 23.0 Å². The molecule has 0 bridgehead atoms. The fourth-order valence-corrected chi connectivity index (χ4v) is 2.86. The van der Waals surface area contributed by atoms with Crippen LogP contribution in [-0.2, 0) is 4.79 Å². The second-order valence-corrected chi connectivity index (χ2v) is 6.39. The molecule has 28 heavy (non-hydrogen) atoms. The van der Waals surface area contributed by atoms with Crippen molar-refractivity contribution in [1.82, 2.24) is 9.78 Å². The quantitative estimate of drug-likeness (QED) is 0.707. The monoisotopic (exact) mass is 375 g/mol. The first-order chi connectivity index (χ1) is 13.4. The molecule has 0 saturated carbocycles. The molecule has 140 valence electrons. The van der Waals surface area contributed by atoms with Crippen molar-refractivity contribution in [2.24, 2.45) is 5.92 Å². The Morgan fingerprint density at radius 1 is 1.29 bits per heavy atom. The highest BCUT2D eigenvalue weighted by atomic mass is 19.1. The van der Waals surface area contributed by atoms with Gasteiger partial charge >= 0.3 is 5.97 Å². The zero-order chi connectivity index (χ0) is 20.3. The van der Waals surface area contributed by atoms with Crippen LogP contribution in [0.5, 0.6) is 0 Å². The molecule has 0 saturated heterocycles. The van der Waals surface area contributed by atoms with E-state index in [1.165, 1.54) is 22.9 Å². The molecule has 1 N–H and O–H groups in total. The van der Waals surface area contributed by atoms with Crippen molar-refractivity contribution in [3.8, 4) is 23.0 Å². The highest BCUT2D eigenvalue weighted by molar-refractivity contribution is 5.78. The average Bonchev–Trinajstić information content (AvgIpc) is 3.02. The lowest BCUT2D eigenvalue weighted by molar-refractivity contribution is -0.139. The molecule has 0 aliphatic heterocycles. The van der Waals surface area contributed by atoms with Crippen LogP contribution in [0, 0.1) is 30.0 Å². The van der Waals surface area contributed by atoms with Crippen LogP contribution in [-0.4, -0.2) is 20.9 Å². The lowest BCUT2D eigenvalue weighted by Gasteiger charge is -2.10. The maximum absolute atomic E-state index is 14.7. The van der Waals surface area contributed by atoms with Gasteiger partial charge in [-0.3, -0.25) is 4.79 Å². The molecule has 0 aliphatic carbocycles. The second-order valence-electron chi connectivity index (χ2n) is 6.39. The molecule has 3 aromatic rings. The van der Waals surface area contributed by atoms with Crippen molar-refractivity contribution in [1.29, 1.82) is 5.26 Å². The SMILES string of the molecule is Cc1nn(-c2ccc(C#N)cc2F)c(-c2ccccc2)c1C=CC(C)C(=O)O. The van der Waals surface area contributed by atoms with Crippen molar-refractivity contribution in [2.45, 2.75) is 13.8 Å². The van der Waals surface area contributed by atoms with Crippen LogP contribution >= 0.6 is 0 Å². The number of nitrogens with zero attached hydrogens (tertiary/aromatic N) is 3. The number of rotatable bonds is 5. The largest absolute Gasteiger partial charge is 0.481 e. The molecule has 2 aromatic carbocycles. The molecule has 1 heterocycles. The maximum Gasteiger partial charge on any atom is 0.310 e. The van der Waals surface area contributed by atoms with Gasteiger partial charge in [-0.15, -0.1) is 0 Å². The molecule has 0 fully saturated rings. The third-order valence-electron chi connectivity index (χ3n) is 4.40. The molecule has 0 spiro atoms. The van der Waals surface area contributed by atoms with Crippen LogP contribution in [0.4, 0.5) is 4.39 Å². The Morgan fingerprint density at radius 2 is 2.00 bits per heavy atom. The number of aromatic nitrogens is 2. The lowest BCUT2D eigenvalue weighted by Crippen LogP contribution is -2.05. The van der Waals surface area contributed by atoms with E-state index in [1.54, 1.807) is 26.0 Å². The normalized spacial score (nSPS) is 12.1. The Labute approximate surface area is 162 Å². The first-order valence-corrected chi connectivity index (χ1v) is 8.68. The van der Waals surface area contributed by atoms with E-state index < -0.39 is 17.7 Å². The lowest BCUT2D eigenvalue weighted by atomic mass is 10.0. The van der Waals surface area contributed by atoms with Crippen molar-refractivity contribution in [3.05, 3.63) is 77.2 Å². The number of nitriles is 1. The van der Waals surface area contributed by atoms with Crippen LogP contribution in [0.15, 0.2) is 54.6 Å². The van der Waals surface area contributed by atoms with Gasteiger partial charge in [0, 0.05) is 11.1 Å². The van der Waals surface area contributed by atoms with Crippen molar-refractivity contribution < 1.29 is 14.3 Å². The van der Waals surface area contributed by atoms with Gasteiger partial charge in [-0.2, -0.15) is 10.4 Å². The van der Waals surface area contributed by atoms with E-state index in [1.807, 2.05) is 36.4 Å². The van der Waals surface area contributed by atoms with Crippen LogP contribution in [0.1, 0.15) is 23.7 Å². The summed E-state index contributed by atoms with van der Waals surface area (Å²) >= 11 is 0. The molecule has 6 heteroatoms. The third-order valence-corrected chi connectivity index (χ3v) is 4.40. The predicted octanol–water partition coefficient (Wildman–Crippen LogP) is 4.59. The van der Waals surface area contributed by atoms with Gasteiger partial charge in [0.25, 0.3) is 0 Å². The topological polar surface area (TPSA) is 78.9 Å². The fraction of sp³-hybridized carbons (Fsp3) is 0.136. The van der Waals surface area contributed by atoms with E-state index in [0.29, 0.717) is 17.0 Å². The molecule has 0 radical (unpaired) electrons. The first-order valence-electron chi connectivity index (χ1n) is 8.68. The molecule has 1 unspecified atom stereocenters. The van der Waals surface area contributed by atoms with Crippen molar-refractivity contribution >= 4 is 12.0 Å². The van der Waals surface area contributed by atoms with Gasteiger partial charge in [-0.25, -0.2) is 9.07 Å². The standard InChI is InChI=1S/C22H18FN3O2/c1-14(22(27)28)8-10-18-15(2)25-26(21(18)17-6-4-3-5-7-17)20-11-9-16(13-24)12-19(20)23/h3-12,14H,1-2H3,(H,27,28). The summed E-state index contributed by atoms with van der Waals surface area (Å²) in [6, 6.07) is 15.5. The zero-order valence-corrected chi connectivity index (χ0v) is 15.4. The summed E-state index contributed by atoms with van der Waals surface area (Å²) in [5.41, 5.74) is 3.25. The molecule has 0 aliphatic rings. The van der Waals surface area contributed by atoms with Crippen LogP contribution in [0.2, 0.25) is 0 Å². The Bertz CT molecular complexity index is 1090. The Balaban J connectivity index is 2.23. The van der Waals surface area contributed by atoms with Gasteiger partial charge < -0.3 is 5.11 Å². The minimum absolute atomic E-state index is 0.215. The Kier molecular flexibility index (Phi) is 5.37. The molecule has 1 atom stereocenters. The number of hydrogen-bond acceptors (Lipinski definition) is 3. The fourth-order valence-electron chi connectivity index (χ4n) is 2.86. The molecule has 0 amide bonds. The number of carboxylic acids is 1. The van der Waals surface area contributed by atoms with E-state index in [0.717, 1.165) is 5.56 Å². The van der Waals surface area contributed by atoms with Gasteiger partial charge in [0.2, 0.25) is 0 Å². The van der Waals surface area contributed by atoms with E-state index in [9.17, 15) is 9.18 Å². The number of aryl methyl sites for hydroxylation is 1. The predicted molar refractivity (Wildman–Crippen MR) is 104 cm³/mol. The summed E-state index contributed by atoms with van der Waals surface area (Å²) < 4.78 is 16.2. The van der Waals surface area contributed by atoms with E-state index >= 15 is 0 Å². The number of carboxylic acid groups (broad SMARTS) is 1. The molecular formula is C22H18FN3O2. The van der Waals surface area contributed by atoms with Gasteiger partial charge in [0.1, 0.15) is 11.5 Å². The highest BCUT2D eigenvalue weighted by Gasteiger charge is 2.19. The summed E-state index contributed by atoms with van der Waals surface area (Å²) in [5.74, 6) is -2.16. The first kappa shape index (κ1) is 19.1. The van der Waals surface area contributed by atoms with Gasteiger partial charge in [0.15, 0.2) is 0 Å². The number of carbonyl (C=O) groups is 1. The third kappa shape index (κ3) is 3.69. The summed E-state index contributed by atoms with van der Waals surface area (Å²) in [6.07, 6.45) is 3.29. The van der Waals surface area contributed by atoms with Crippen LogP contribution < -0.4 is 0 Å². The summed E-state index contributed by atoms with van der Waals surface area (Å²) in [7, 11) is 0. The second kappa shape index (κ2) is 7.89. The van der Waals surface area contributed by atoms with Gasteiger partial charge in [0.05, 0.1) is 28.9 Å². The van der Waals surface area contributed by atoms with E-state index in [-0.39, 0.29) is 11.3 Å². The minimum atomic E-state index is -0.930. The molecule has 5 nitrogen and oxygen atoms in total.